The third-order valence-electron chi connectivity index (χ3n) is 7.13. The van der Waals surface area contributed by atoms with Crippen molar-refractivity contribution in [3.05, 3.63) is 34.9 Å². The summed E-state index contributed by atoms with van der Waals surface area (Å²) in [6.45, 7) is 3.22. The number of hydrogen-bond donors (Lipinski definition) is 3. The second-order valence-corrected chi connectivity index (χ2v) is 9.19. The van der Waals surface area contributed by atoms with Crippen LogP contribution in [0, 0.1) is 0 Å². The summed E-state index contributed by atoms with van der Waals surface area (Å²) in [7, 11) is 0. The molecule has 1 aromatic carbocycles. The lowest BCUT2D eigenvalue weighted by Crippen LogP contribution is -2.54. The van der Waals surface area contributed by atoms with Crippen molar-refractivity contribution in [3.63, 3.8) is 0 Å². The molecule has 1 saturated carbocycles. The van der Waals surface area contributed by atoms with Crippen molar-refractivity contribution in [2.24, 2.45) is 0 Å². The molecule has 32 heavy (non-hydrogen) atoms. The van der Waals surface area contributed by atoms with E-state index in [1.807, 2.05) is 6.07 Å². The topological polar surface area (TPSA) is 117 Å². The number of fused-ring (bicyclic) bond motifs is 1. The summed E-state index contributed by atoms with van der Waals surface area (Å²) >= 11 is 0. The number of carbonyl (C=O) groups is 4. The Morgan fingerprint density at radius 1 is 1.06 bits per heavy atom. The number of ether oxygens (including phenoxy) is 1. The second kappa shape index (κ2) is 8.38. The van der Waals surface area contributed by atoms with Crippen LogP contribution < -0.4 is 16.0 Å². The van der Waals surface area contributed by atoms with Crippen LogP contribution in [0.1, 0.15) is 64.8 Å². The number of carbonyl (C=O) groups excluding carboxylic acids is 4. The second-order valence-electron chi connectivity index (χ2n) is 9.19. The molecule has 9 heteroatoms. The zero-order valence-corrected chi connectivity index (χ0v) is 17.9. The molecule has 4 amide bonds. The molecule has 1 unspecified atom stereocenters. The Hall–Kier alpha value is -2.62. The molecule has 3 N–H and O–H groups in total. The van der Waals surface area contributed by atoms with Gasteiger partial charge in [0.1, 0.15) is 6.04 Å². The van der Waals surface area contributed by atoms with Crippen molar-refractivity contribution >= 4 is 23.6 Å². The van der Waals surface area contributed by atoms with E-state index in [1.54, 1.807) is 12.1 Å². The lowest BCUT2D eigenvalue weighted by Gasteiger charge is -2.43. The molecule has 3 aliphatic heterocycles. The van der Waals surface area contributed by atoms with Crippen molar-refractivity contribution in [2.45, 2.75) is 62.8 Å². The van der Waals surface area contributed by atoms with E-state index >= 15 is 0 Å². The molecular formula is C23H28N4O5. The summed E-state index contributed by atoms with van der Waals surface area (Å²) in [5, 5.41) is 9.22. The number of nitrogens with zero attached hydrogens (tertiary/aromatic N) is 1. The van der Waals surface area contributed by atoms with E-state index in [1.165, 1.54) is 0 Å². The average Bonchev–Trinajstić information content (AvgIpc) is 3.04. The molecule has 1 aliphatic carbocycles. The van der Waals surface area contributed by atoms with Gasteiger partial charge in [-0.1, -0.05) is 6.07 Å². The number of imide groups is 2. The van der Waals surface area contributed by atoms with Crippen molar-refractivity contribution < 1.29 is 23.9 Å². The van der Waals surface area contributed by atoms with Gasteiger partial charge in [-0.3, -0.25) is 29.4 Å². The van der Waals surface area contributed by atoms with E-state index in [9.17, 15) is 19.2 Å². The smallest absolute Gasteiger partial charge is 0.262 e. The molecule has 0 aromatic heterocycles. The third-order valence-corrected chi connectivity index (χ3v) is 7.13. The lowest BCUT2D eigenvalue weighted by molar-refractivity contribution is -0.136. The van der Waals surface area contributed by atoms with Crippen molar-refractivity contribution in [2.75, 3.05) is 19.7 Å². The van der Waals surface area contributed by atoms with E-state index < -0.39 is 23.8 Å². The number of piperidine rings is 1. The van der Waals surface area contributed by atoms with Gasteiger partial charge in [-0.15, -0.1) is 0 Å². The van der Waals surface area contributed by atoms with Crippen LogP contribution in [0.2, 0.25) is 0 Å². The van der Waals surface area contributed by atoms with Crippen LogP contribution in [-0.2, 0) is 20.9 Å². The van der Waals surface area contributed by atoms with Crippen molar-refractivity contribution in [1.29, 1.82) is 0 Å². The molecule has 1 atom stereocenters. The van der Waals surface area contributed by atoms with Crippen LogP contribution in [0.15, 0.2) is 18.2 Å². The molecule has 9 nitrogen and oxygen atoms in total. The molecular weight excluding hydrogens is 412 g/mol. The van der Waals surface area contributed by atoms with Gasteiger partial charge in [-0.05, 0) is 49.8 Å². The minimum atomic E-state index is -0.937. The molecule has 3 heterocycles. The monoisotopic (exact) mass is 440 g/mol. The van der Waals surface area contributed by atoms with Gasteiger partial charge in [0.25, 0.3) is 11.8 Å². The molecule has 5 rings (SSSR count). The summed E-state index contributed by atoms with van der Waals surface area (Å²) in [4.78, 5) is 50.4. The molecule has 0 radical (unpaired) electrons. The first-order chi connectivity index (χ1) is 15.5. The largest absolute Gasteiger partial charge is 0.372 e. The maximum absolute atomic E-state index is 13.0. The average molecular weight is 441 g/mol. The van der Waals surface area contributed by atoms with E-state index in [-0.39, 0.29) is 24.3 Å². The number of benzene rings is 1. The Morgan fingerprint density at radius 2 is 1.84 bits per heavy atom. The van der Waals surface area contributed by atoms with E-state index in [4.69, 9.17) is 4.74 Å². The number of amides is 4. The van der Waals surface area contributed by atoms with Gasteiger partial charge in [0.2, 0.25) is 11.8 Å². The zero-order valence-electron chi connectivity index (χ0n) is 17.9. The Kier molecular flexibility index (Phi) is 5.56. The highest BCUT2D eigenvalue weighted by molar-refractivity contribution is 6.23. The summed E-state index contributed by atoms with van der Waals surface area (Å²) in [6.07, 6.45) is 4.39. The molecule has 4 aliphatic rings. The molecule has 1 aromatic rings. The first-order valence-corrected chi connectivity index (χ1v) is 11.4. The van der Waals surface area contributed by atoms with Gasteiger partial charge >= 0.3 is 0 Å². The molecule has 2 saturated heterocycles. The fraction of sp³-hybridized carbons (Fsp3) is 0.565. The lowest BCUT2D eigenvalue weighted by atomic mass is 9.81. The van der Waals surface area contributed by atoms with Gasteiger partial charge in [0, 0.05) is 32.1 Å². The Labute approximate surface area is 186 Å². The van der Waals surface area contributed by atoms with E-state index in [0.717, 1.165) is 55.8 Å². The Balaban J connectivity index is 1.21. The number of nitrogens with one attached hydrogen (secondary N) is 3. The SMILES string of the molecule is O=C1CCC(N2C(=O)c3ccc(CNC4CCC5(CC4)CNCCO5)cc3C2=O)C(=O)N1. The first kappa shape index (κ1) is 21.2. The summed E-state index contributed by atoms with van der Waals surface area (Å²) in [5.74, 6) is -1.92. The van der Waals surface area contributed by atoms with Gasteiger partial charge in [-0.25, -0.2) is 0 Å². The Bertz CT molecular complexity index is 961. The summed E-state index contributed by atoms with van der Waals surface area (Å²) in [6, 6.07) is 4.70. The van der Waals surface area contributed by atoms with Crippen LogP contribution in [0.5, 0.6) is 0 Å². The van der Waals surface area contributed by atoms with Crippen molar-refractivity contribution in [3.8, 4) is 0 Å². The van der Waals surface area contributed by atoms with Crippen LogP contribution in [-0.4, -0.2) is 65.9 Å². The predicted octanol–water partition coefficient (Wildman–Crippen LogP) is 0.479. The minimum Gasteiger partial charge on any atom is -0.372 e. The predicted molar refractivity (Wildman–Crippen MR) is 114 cm³/mol. The fourth-order valence-electron chi connectivity index (χ4n) is 5.27. The van der Waals surface area contributed by atoms with Crippen LogP contribution in [0.3, 0.4) is 0 Å². The van der Waals surface area contributed by atoms with E-state index in [2.05, 4.69) is 16.0 Å². The number of morpholine rings is 1. The van der Waals surface area contributed by atoms with Gasteiger partial charge in [0.05, 0.1) is 23.3 Å². The zero-order chi connectivity index (χ0) is 22.3. The minimum absolute atomic E-state index is 0.0176. The van der Waals surface area contributed by atoms with E-state index in [0.29, 0.717) is 23.7 Å². The van der Waals surface area contributed by atoms with Gasteiger partial charge < -0.3 is 15.4 Å². The highest BCUT2D eigenvalue weighted by Gasteiger charge is 2.44. The van der Waals surface area contributed by atoms with Crippen LogP contribution >= 0.6 is 0 Å². The normalized spacial score (nSPS) is 30.6. The molecule has 3 fully saturated rings. The van der Waals surface area contributed by atoms with Gasteiger partial charge in [-0.2, -0.15) is 0 Å². The number of hydrogen-bond acceptors (Lipinski definition) is 7. The quantitative estimate of drug-likeness (QED) is 0.583. The van der Waals surface area contributed by atoms with Crippen LogP contribution in [0.25, 0.3) is 0 Å². The highest BCUT2D eigenvalue weighted by atomic mass is 16.5. The fourth-order valence-corrected chi connectivity index (χ4v) is 5.27. The maximum Gasteiger partial charge on any atom is 0.262 e. The summed E-state index contributed by atoms with van der Waals surface area (Å²) in [5.41, 5.74) is 1.54. The first-order valence-electron chi connectivity index (χ1n) is 11.4. The standard InChI is InChI=1S/C23H28N4O5/c28-19-4-3-18(20(29)26-19)27-21(30)16-2-1-14(11-17(16)22(27)31)12-25-15-5-7-23(8-6-15)13-24-9-10-32-23/h1-2,11,15,18,24-25H,3-10,12-13H2,(H,26,28,29). The van der Waals surface area contributed by atoms with Crippen LogP contribution in [0.4, 0.5) is 0 Å². The van der Waals surface area contributed by atoms with Gasteiger partial charge in [0.15, 0.2) is 0 Å². The highest BCUT2D eigenvalue weighted by Crippen LogP contribution is 2.33. The number of rotatable bonds is 4. The van der Waals surface area contributed by atoms with Crippen molar-refractivity contribution in [1.82, 2.24) is 20.9 Å². The molecule has 0 bridgehead atoms. The molecule has 1 spiro atoms. The third kappa shape index (κ3) is 3.85. The Morgan fingerprint density at radius 3 is 2.56 bits per heavy atom. The summed E-state index contributed by atoms with van der Waals surface area (Å²) < 4.78 is 6.05. The molecule has 170 valence electrons. The maximum atomic E-state index is 13.0.